The molecule has 0 aliphatic carbocycles. The van der Waals surface area contributed by atoms with Crippen LogP contribution in [0.25, 0.3) is 10.9 Å². The summed E-state index contributed by atoms with van der Waals surface area (Å²) in [7, 11) is 0. The minimum Gasteiger partial charge on any atom is -0.298 e. The molecule has 0 radical (unpaired) electrons. The first-order valence-electron chi connectivity index (χ1n) is 7.60. The molecule has 1 aromatic carbocycles. The summed E-state index contributed by atoms with van der Waals surface area (Å²) in [5, 5.41) is 0.133. The number of hydrogen-bond donors (Lipinski definition) is 0. The van der Waals surface area contributed by atoms with Gasteiger partial charge in [-0.25, -0.2) is 4.98 Å². The molecule has 0 spiro atoms. The summed E-state index contributed by atoms with van der Waals surface area (Å²) >= 11 is 12.2. The Hall–Kier alpha value is -2.38. The van der Waals surface area contributed by atoms with Gasteiger partial charge in [0.25, 0.3) is 5.91 Å². The average molecular weight is 415 g/mol. The molecule has 2 heterocycles. The summed E-state index contributed by atoms with van der Waals surface area (Å²) in [5.74, 6) is -0.670. The van der Waals surface area contributed by atoms with Gasteiger partial charge in [-0.1, -0.05) is 23.2 Å². The average Bonchev–Trinajstić information content (AvgIpc) is 2.92. The van der Waals surface area contributed by atoms with Crippen molar-refractivity contribution in [3.63, 3.8) is 0 Å². The van der Waals surface area contributed by atoms with Crippen molar-refractivity contribution in [3.8, 4) is 0 Å². The zero-order valence-corrected chi connectivity index (χ0v) is 15.5. The van der Waals surface area contributed by atoms with Crippen molar-refractivity contribution in [2.24, 2.45) is 0 Å². The van der Waals surface area contributed by atoms with Gasteiger partial charge in [0.1, 0.15) is 5.69 Å². The van der Waals surface area contributed by atoms with Crippen molar-refractivity contribution in [1.29, 1.82) is 0 Å². The highest BCUT2D eigenvalue weighted by Gasteiger charge is 2.34. The van der Waals surface area contributed by atoms with Crippen LogP contribution in [0.3, 0.4) is 0 Å². The Bertz CT molecular complexity index is 1100. The molecule has 0 atom stereocenters. The third kappa shape index (κ3) is 3.21. The van der Waals surface area contributed by atoms with E-state index in [1.54, 1.807) is 6.92 Å². The highest BCUT2D eigenvalue weighted by Crippen LogP contribution is 2.34. The third-order valence-electron chi connectivity index (χ3n) is 4.13. The van der Waals surface area contributed by atoms with E-state index in [1.807, 2.05) is 0 Å². The Balaban J connectivity index is 2.28. The van der Waals surface area contributed by atoms with Gasteiger partial charge in [0.2, 0.25) is 0 Å². The summed E-state index contributed by atoms with van der Waals surface area (Å²) in [6, 6.07) is 3.62. The van der Waals surface area contributed by atoms with Gasteiger partial charge in [0.15, 0.2) is 6.29 Å². The third-order valence-corrected chi connectivity index (χ3v) is 4.85. The zero-order chi connectivity index (χ0) is 20.1. The highest BCUT2D eigenvalue weighted by molar-refractivity contribution is 6.41. The van der Waals surface area contributed by atoms with Gasteiger partial charge < -0.3 is 0 Å². The summed E-state index contributed by atoms with van der Waals surface area (Å²) in [4.78, 5) is 27.7. The van der Waals surface area contributed by atoms with Gasteiger partial charge in [-0.15, -0.1) is 0 Å². The number of alkyl halides is 3. The SMILES string of the molecule is Cc1cn(C(=O)c2c(Cl)ccc(C=O)c2Cl)c2c(C)nc(C(F)(F)F)cc12. The van der Waals surface area contributed by atoms with E-state index in [1.165, 1.54) is 25.3 Å². The molecule has 0 saturated heterocycles. The van der Waals surface area contributed by atoms with Crippen LogP contribution in [0.5, 0.6) is 0 Å². The molecule has 0 fully saturated rings. The van der Waals surface area contributed by atoms with Crippen LogP contribution in [0.15, 0.2) is 24.4 Å². The smallest absolute Gasteiger partial charge is 0.298 e. The topological polar surface area (TPSA) is 52.0 Å². The van der Waals surface area contributed by atoms with Crippen LogP contribution in [-0.2, 0) is 6.18 Å². The first-order chi connectivity index (χ1) is 12.6. The number of aryl methyl sites for hydroxylation is 2. The fourth-order valence-electron chi connectivity index (χ4n) is 2.88. The van der Waals surface area contributed by atoms with Gasteiger partial charge in [0, 0.05) is 17.1 Å². The second-order valence-corrected chi connectivity index (χ2v) is 6.70. The minimum absolute atomic E-state index is 0.0210. The zero-order valence-electron chi connectivity index (χ0n) is 14.0. The van der Waals surface area contributed by atoms with Crippen LogP contribution < -0.4 is 0 Å². The lowest BCUT2D eigenvalue weighted by molar-refractivity contribution is -0.141. The molecule has 0 unspecified atom stereocenters. The molecule has 27 heavy (non-hydrogen) atoms. The number of fused-ring (bicyclic) bond motifs is 1. The van der Waals surface area contributed by atoms with Crippen LogP contribution in [0, 0.1) is 13.8 Å². The van der Waals surface area contributed by atoms with E-state index >= 15 is 0 Å². The fourth-order valence-corrected chi connectivity index (χ4v) is 3.46. The molecule has 0 N–H and O–H groups in total. The highest BCUT2D eigenvalue weighted by atomic mass is 35.5. The number of rotatable bonds is 2. The maximum Gasteiger partial charge on any atom is 0.433 e. The standard InChI is InChI=1S/C18H11Cl2F3N2O2/c1-8-6-25(16-9(2)24-13(5-11(8)16)18(21,22)23)17(27)14-12(19)4-3-10(7-26)15(14)20/h3-7H,1-2H3. The number of carbonyl (C=O) groups excluding carboxylic acids is 2. The largest absolute Gasteiger partial charge is 0.433 e. The normalized spacial score (nSPS) is 11.8. The number of hydrogen-bond acceptors (Lipinski definition) is 3. The molecule has 9 heteroatoms. The van der Waals surface area contributed by atoms with Crippen molar-refractivity contribution < 1.29 is 22.8 Å². The molecule has 140 valence electrons. The van der Waals surface area contributed by atoms with Gasteiger partial charge in [-0.3, -0.25) is 14.2 Å². The first-order valence-corrected chi connectivity index (χ1v) is 8.36. The Morgan fingerprint density at radius 2 is 1.89 bits per heavy atom. The van der Waals surface area contributed by atoms with Crippen LogP contribution in [-0.4, -0.2) is 21.7 Å². The molecule has 4 nitrogen and oxygen atoms in total. The number of carbonyl (C=O) groups is 2. The first kappa shape index (κ1) is 19.4. The van der Waals surface area contributed by atoms with E-state index in [0.29, 0.717) is 11.8 Å². The summed E-state index contributed by atoms with van der Waals surface area (Å²) in [6.45, 7) is 2.96. The monoisotopic (exact) mass is 414 g/mol. The fraction of sp³-hybridized carbons (Fsp3) is 0.167. The van der Waals surface area contributed by atoms with Crippen LogP contribution in [0.4, 0.5) is 13.2 Å². The van der Waals surface area contributed by atoms with Crippen molar-refractivity contribution in [2.75, 3.05) is 0 Å². The molecule has 0 aliphatic heterocycles. The predicted molar refractivity (Wildman–Crippen MR) is 95.8 cm³/mol. The molecule has 0 aliphatic rings. The number of nitrogens with zero attached hydrogens (tertiary/aromatic N) is 2. The van der Waals surface area contributed by atoms with Gasteiger partial charge in [0.05, 0.1) is 26.8 Å². The van der Waals surface area contributed by atoms with Crippen LogP contribution >= 0.6 is 23.2 Å². The second kappa shape index (κ2) is 6.65. The van der Waals surface area contributed by atoms with Crippen LogP contribution in [0.1, 0.15) is 37.7 Å². The van der Waals surface area contributed by atoms with E-state index in [9.17, 15) is 22.8 Å². The number of halogens is 5. The van der Waals surface area contributed by atoms with E-state index in [-0.39, 0.29) is 37.8 Å². The van der Waals surface area contributed by atoms with Gasteiger partial charge >= 0.3 is 6.18 Å². The molecule has 0 saturated carbocycles. The lowest BCUT2D eigenvalue weighted by atomic mass is 10.1. The Kier molecular flexibility index (Phi) is 4.78. The van der Waals surface area contributed by atoms with Crippen molar-refractivity contribution >= 4 is 46.3 Å². The van der Waals surface area contributed by atoms with Crippen LogP contribution in [0.2, 0.25) is 10.0 Å². The van der Waals surface area contributed by atoms with E-state index < -0.39 is 17.8 Å². The summed E-state index contributed by atoms with van der Waals surface area (Å²) in [6.07, 6.45) is -2.73. The summed E-state index contributed by atoms with van der Waals surface area (Å²) < 4.78 is 40.3. The Labute approximate surface area is 161 Å². The number of aldehydes is 1. The maximum absolute atomic E-state index is 13.0. The van der Waals surface area contributed by atoms with Crippen molar-refractivity contribution in [3.05, 3.63) is 62.5 Å². The quantitative estimate of drug-likeness (QED) is 0.521. The molecule has 0 amide bonds. The molecular weight excluding hydrogens is 404 g/mol. The van der Waals surface area contributed by atoms with E-state index in [2.05, 4.69) is 4.98 Å². The lowest BCUT2D eigenvalue weighted by Gasteiger charge is -2.12. The predicted octanol–water partition coefficient (Wildman–Crippen LogP) is 5.48. The molecule has 3 rings (SSSR count). The number of aromatic nitrogens is 2. The van der Waals surface area contributed by atoms with Crippen molar-refractivity contribution in [2.45, 2.75) is 20.0 Å². The second-order valence-electron chi connectivity index (χ2n) is 5.92. The van der Waals surface area contributed by atoms with Gasteiger partial charge in [-0.2, -0.15) is 13.2 Å². The Morgan fingerprint density at radius 1 is 1.22 bits per heavy atom. The lowest BCUT2D eigenvalue weighted by Crippen LogP contribution is -2.15. The van der Waals surface area contributed by atoms with Crippen molar-refractivity contribution in [1.82, 2.24) is 9.55 Å². The molecule has 3 aromatic rings. The number of pyridine rings is 1. The molecule has 0 bridgehead atoms. The maximum atomic E-state index is 13.0. The Morgan fingerprint density at radius 3 is 2.48 bits per heavy atom. The molecule has 2 aromatic heterocycles. The molecular formula is C18H11Cl2F3N2O2. The number of benzene rings is 1. The minimum atomic E-state index is -4.61. The van der Waals surface area contributed by atoms with E-state index in [4.69, 9.17) is 23.2 Å². The van der Waals surface area contributed by atoms with E-state index in [0.717, 1.165) is 10.6 Å². The van der Waals surface area contributed by atoms with Gasteiger partial charge in [-0.05, 0) is 37.6 Å². The summed E-state index contributed by atoms with van der Waals surface area (Å²) in [5.41, 5.74) is -0.381.